The first-order chi connectivity index (χ1) is 17.1. The minimum absolute atomic E-state index is 0.0609. The van der Waals surface area contributed by atoms with Crippen LogP contribution < -0.4 is 4.74 Å². The highest BCUT2D eigenvalue weighted by molar-refractivity contribution is 6.06. The lowest BCUT2D eigenvalue weighted by atomic mass is 9.90. The Morgan fingerprint density at radius 3 is 2.66 bits per heavy atom. The largest absolute Gasteiger partial charge is 0.472 e. The van der Waals surface area contributed by atoms with Gasteiger partial charge >= 0.3 is 0 Å². The van der Waals surface area contributed by atoms with Gasteiger partial charge in [0.1, 0.15) is 5.75 Å². The number of pyridine rings is 1. The van der Waals surface area contributed by atoms with Crippen molar-refractivity contribution in [3.8, 4) is 17.0 Å². The second-order valence-corrected chi connectivity index (χ2v) is 9.56. The number of hydrogen-bond acceptors (Lipinski definition) is 5. The van der Waals surface area contributed by atoms with E-state index in [0.717, 1.165) is 58.8 Å². The molecule has 1 saturated carbocycles. The zero-order valence-corrected chi connectivity index (χ0v) is 19.7. The molecule has 1 N–H and O–H groups in total. The number of aliphatic hydroxyl groups is 1. The molecule has 1 aliphatic heterocycles. The number of rotatable bonds is 4. The SMILES string of the molecule is Cn1cc(-c2ccc(Cc3cc4c(c5ccccc35)OCN([C@@H]3CCCC[C@H]3O)C4=O)cn2)cn1. The van der Waals surface area contributed by atoms with Crippen LogP contribution in [0, 0.1) is 0 Å². The van der Waals surface area contributed by atoms with Crippen LogP contribution in [-0.4, -0.2) is 49.6 Å². The molecule has 0 radical (unpaired) electrons. The maximum atomic E-state index is 13.6. The van der Waals surface area contributed by atoms with Crippen LogP contribution in [0.2, 0.25) is 0 Å². The fourth-order valence-corrected chi connectivity index (χ4v) is 5.41. The van der Waals surface area contributed by atoms with Crippen LogP contribution in [0.4, 0.5) is 0 Å². The van der Waals surface area contributed by atoms with E-state index in [4.69, 9.17) is 4.74 Å². The number of benzene rings is 2. The summed E-state index contributed by atoms with van der Waals surface area (Å²) in [4.78, 5) is 20.0. The Labute approximate surface area is 204 Å². The van der Waals surface area contributed by atoms with Gasteiger partial charge in [-0.25, -0.2) is 0 Å². The van der Waals surface area contributed by atoms with Gasteiger partial charge in [0.25, 0.3) is 5.91 Å². The highest BCUT2D eigenvalue weighted by atomic mass is 16.5. The van der Waals surface area contributed by atoms with E-state index in [2.05, 4.69) is 22.2 Å². The first-order valence-corrected chi connectivity index (χ1v) is 12.2. The van der Waals surface area contributed by atoms with Crippen LogP contribution in [0.5, 0.6) is 5.75 Å². The maximum Gasteiger partial charge on any atom is 0.260 e. The van der Waals surface area contributed by atoms with Crippen LogP contribution in [0.1, 0.15) is 47.2 Å². The summed E-state index contributed by atoms with van der Waals surface area (Å²) in [5.74, 6) is 0.579. The molecule has 2 aromatic carbocycles. The molecular formula is C28H28N4O3. The first-order valence-electron chi connectivity index (χ1n) is 12.2. The number of aryl methyl sites for hydroxylation is 1. The van der Waals surface area contributed by atoms with E-state index in [1.807, 2.05) is 49.8 Å². The van der Waals surface area contributed by atoms with Crippen molar-refractivity contribution < 1.29 is 14.6 Å². The number of amides is 1. The average molecular weight is 469 g/mol. The van der Waals surface area contributed by atoms with Crippen LogP contribution in [0.15, 0.2) is 61.1 Å². The predicted octanol–water partition coefficient (Wildman–Crippen LogP) is 4.32. The standard InChI is InChI=1S/C28H28N4O3/c1-31-16-20(15-30-31)24-11-10-18(14-29-24)12-19-13-23-27(22-7-3-2-6-21(19)22)35-17-32(28(23)34)25-8-4-5-9-26(25)33/h2-3,6-7,10-11,13-16,25-26,33H,4-5,8-9,12,17H2,1H3/t25-,26-/m1/s1. The monoisotopic (exact) mass is 468 g/mol. The van der Waals surface area contributed by atoms with E-state index in [0.29, 0.717) is 17.7 Å². The fraction of sp³-hybridized carbons (Fsp3) is 0.321. The Bertz CT molecular complexity index is 1400. The summed E-state index contributed by atoms with van der Waals surface area (Å²) in [6.07, 6.45) is 9.34. The van der Waals surface area contributed by atoms with Gasteiger partial charge in [0.05, 0.1) is 29.6 Å². The molecule has 1 aliphatic carbocycles. The van der Waals surface area contributed by atoms with E-state index >= 15 is 0 Å². The van der Waals surface area contributed by atoms with Crippen molar-refractivity contribution in [3.05, 3.63) is 77.7 Å². The lowest BCUT2D eigenvalue weighted by Crippen LogP contribution is -2.51. The summed E-state index contributed by atoms with van der Waals surface area (Å²) in [6.45, 7) is 0.177. The van der Waals surface area contributed by atoms with Gasteiger partial charge in [0.15, 0.2) is 6.73 Å². The Hall–Kier alpha value is -3.71. The third-order valence-corrected chi connectivity index (χ3v) is 7.23. The van der Waals surface area contributed by atoms with Crippen LogP contribution >= 0.6 is 0 Å². The van der Waals surface area contributed by atoms with Crippen molar-refractivity contribution in [2.45, 2.75) is 44.2 Å². The number of hydrogen-bond donors (Lipinski definition) is 1. The molecule has 2 atom stereocenters. The van der Waals surface area contributed by atoms with Gasteiger partial charge in [-0.15, -0.1) is 0 Å². The number of aromatic nitrogens is 3. The maximum absolute atomic E-state index is 13.6. The van der Waals surface area contributed by atoms with Gasteiger partial charge in [0, 0.05) is 30.4 Å². The molecule has 3 heterocycles. The van der Waals surface area contributed by atoms with Gasteiger partial charge < -0.3 is 9.84 Å². The lowest BCUT2D eigenvalue weighted by Gasteiger charge is -2.40. The number of carbonyl (C=O) groups is 1. The highest BCUT2D eigenvalue weighted by Crippen LogP contribution is 2.38. The zero-order chi connectivity index (χ0) is 23.9. The predicted molar refractivity (Wildman–Crippen MR) is 133 cm³/mol. The summed E-state index contributed by atoms with van der Waals surface area (Å²) in [7, 11) is 1.89. The molecular weight excluding hydrogens is 440 g/mol. The molecule has 7 nitrogen and oxygen atoms in total. The molecule has 0 bridgehead atoms. The molecule has 7 heteroatoms. The molecule has 1 fully saturated rings. The van der Waals surface area contributed by atoms with Crippen LogP contribution in [0.25, 0.3) is 22.0 Å². The molecule has 0 spiro atoms. The van der Waals surface area contributed by atoms with Crippen molar-refractivity contribution in [2.24, 2.45) is 7.05 Å². The van der Waals surface area contributed by atoms with Gasteiger partial charge in [-0.1, -0.05) is 43.2 Å². The third kappa shape index (κ3) is 3.96. The molecule has 6 rings (SSSR count). The van der Waals surface area contributed by atoms with Crippen molar-refractivity contribution >= 4 is 16.7 Å². The van der Waals surface area contributed by atoms with Crippen molar-refractivity contribution in [1.29, 1.82) is 0 Å². The quantitative estimate of drug-likeness (QED) is 0.482. The number of fused-ring (bicyclic) bond motifs is 3. The summed E-state index contributed by atoms with van der Waals surface area (Å²) >= 11 is 0. The Balaban J connectivity index is 1.35. The van der Waals surface area contributed by atoms with Crippen molar-refractivity contribution in [3.63, 3.8) is 0 Å². The van der Waals surface area contributed by atoms with Crippen molar-refractivity contribution in [2.75, 3.05) is 6.73 Å². The first kappa shape index (κ1) is 21.8. The van der Waals surface area contributed by atoms with Crippen LogP contribution in [0.3, 0.4) is 0 Å². The second-order valence-electron chi connectivity index (χ2n) is 9.56. The number of ether oxygens (including phenoxy) is 1. The van der Waals surface area contributed by atoms with E-state index in [-0.39, 0.29) is 18.7 Å². The normalized spacial score (nSPS) is 20.1. The van der Waals surface area contributed by atoms with Crippen molar-refractivity contribution in [1.82, 2.24) is 19.7 Å². The molecule has 178 valence electrons. The molecule has 4 aromatic rings. The minimum atomic E-state index is -0.498. The number of carbonyl (C=O) groups excluding carboxylic acids is 1. The van der Waals surface area contributed by atoms with Gasteiger partial charge in [-0.2, -0.15) is 5.10 Å². The molecule has 1 amide bonds. The van der Waals surface area contributed by atoms with Crippen LogP contribution in [-0.2, 0) is 13.5 Å². The minimum Gasteiger partial charge on any atom is -0.472 e. The van der Waals surface area contributed by atoms with Gasteiger partial charge in [0.2, 0.25) is 0 Å². The molecule has 2 aromatic heterocycles. The molecule has 0 saturated heterocycles. The average Bonchev–Trinajstić information content (AvgIpc) is 3.32. The second kappa shape index (κ2) is 8.82. The Morgan fingerprint density at radius 2 is 1.91 bits per heavy atom. The third-order valence-electron chi connectivity index (χ3n) is 7.23. The van der Waals surface area contributed by atoms with E-state index in [9.17, 15) is 9.90 Å². The number of aliphatic hydroxyl groups excluding tert-OH is 1. The summed E-state index contributed by atoms with van der Waals surface area (Å²) in [6, 6.07) is 13.9. The summed E-state index contributed by atoms with van der Waals surface area (Å²) in [5, 5.41) is 16.8. The summed E-state index contributed by atoms with van der Waals surface area (Å²) in [5.41, 5.74) is 4.54. The smallest absolute Gasteiger partial charge is 0.260 e. The van der Waals surface area contributed by atoms with Gasteiger partial charge in [-0.05, 0) is 47.9 Å². The Morgan fingerprint density at radius 1 is 1.09 bits per heavy atom. The highest BCUT2D eigenvalue weighted by Gasteiger charge is 2.37. The lowest BCUT2D eigenvalue weighted by molar-refractivity contribution is -0.0120. The number of nitrogens with zero attached hydrogens (tertiary/aromatic N) is 4. The fourth-order valence-electron chi connectivity index (χ4n) is 5.41. The molecule has 2 aliphatic rings. The molecule has 35 heavy (non-hydrogen) atoms. The summed E-state index contributed by atoms with van der Waals surface area (Å²) < 4.78 is 7.93. The molecule has 0 unspecified atom stereocenters. The Kier molecular flexibility index (Phi) is 5.49. The topological polar surface area (TPSA) is 80.5 Å². The van der Waals surface area contributed by atoms with E-state index in [1.54, 1.807) is 15.8 Å². The van der Waals surface area contributed by atoms with E-state index < -0.39 is 6.10 Å². The van der Waals surface area contributed by atoms with E-state index in [1.165, 1.54) is 0 Å². The van der Waals surface area contributed by atoms with Gasteiger partial charge in [-0.3, -0.25) is 19.4 Å². The zero-order valence-electron chi connectivity index (χ0n) is 19.7.